The second-order valence-electron chi connectivity index (χ2n) is 4.41. The van der Waals surface area contributed by atoms with Crippen molar-refractivity contribution in [2.24, 2.45) is 0 Å². The van der Waals surface area contributed by atoms with Crippen LogP contribution < -0.4 is 4.74 Å². The van der Waals surface area contributed by atoms with Gasteiger partial charge in [-0.25, -0.2) is 4.98 Å². The van der Waals surface area contributed by atoms with Crippen LogP contribution in [-0.2, 0) is 6.54 Å². The molecule has 0 atom stereocenters. The molecule has 0 aliphatic heterocycles. The number of rotatable bonds is 5. The quantitative estimate of drug-likeness (QED) is 0.723. The zero-order chi connectivity index (χ0) is 14.5. The van der Waals surface area contributed by atoms with E-state index in [0.717, 1.165) is 10.7 Å². The molecule has 0 aliphatic rings. The normalized spacial score (nSPS) is 10.2. The van der Waals surface area contributed by atoms with E-state index in [0.29, 0.717) is 24.5 Å². The Morgan fingerprint density at radius 3 is 3.05 bits per heavy atom. The van der Waals surface area contributed by atoms with E-state index < -0.39 is 0 Å². The zero-order valence-corrected chi connectivity index (χ0v) is 12.1. The molecule has 2 aromatic heterocycles. The fourth-order valence-corrected chi connectivity index (χ4v) is 2.77. The molecule has 0 bridgehead atoms. The highest BCUT2D eigenvalue weighted by Gasteiger charge is 2.06. The number of ether oxygens (including phenoxy) is 1. The maximum atomic E-state index is 8.86. The fourth-order valence-electron chi connectivity index (χ4n) is 2.04. The van der Waals surface area contributed by atoms with Crippen LogP contribution in [0, 0.1) is 11.3 Å². The van der Waals surface area contributed by atoms with Gasteiger partial charge in [0.1, 0.15) is 18.2 Å². The summed E-state index contributed by atoms with van der Waals surface area (Å²) in [6, 6.07) is 13.4. The third-order valence-corrected chi connectivity index (χ3v) is 3.89. The highest BCUT2D eigenvalue weighted by Crippen LogP contribution is 2.22. The van der Waals surface area contributed by atoms with Crippen LogP contribution in [0.25, 0.3) is 10.7 Å². The molecule has 1 aromatic carbocycles. The van der Waals surface area contributed by atoms with E-state index in [1.807, 2.05) is 29.8 Å². The maximum Gasteiger partial charge on any atom is 0.150 e. The fraction of sp³-hybridized carbons (Fsp3) is 0.125. The predicted octanol–water partition coefficient (Wildman–Crippen LogP) is 3.56. The van der Waals surface area contributed by atoms with Gasteiger partial charge in [0.05, 0.1) is 23.1 Å². The monoisotopic (exact) mass is 295 g/mol. The summed E-state index contributed by atoms with van der Waals surface area (Å²) in [5.41, 5.74) is 0.606. The zero-order valence-electron chi connectivity index (χ0n) is 11.3. The van der Waals surface area contributed by atoms with Gasteiger partial charge in [-0.3, -0.25) is 0 Å². The van der Waals surface area contributed by atoms with Crippen LogP contribution in [-0.4, -0.2) is 16.2 Å². The topological polar surface area (TPSA) is 50.8 Å². The van der Waals surface area contributed by atoms with Gasteiger partial charge in [-0.05, 0) is 29.6 Å². The van der Waals surface area contributed by atoms with E-state index in [1.54, 1.807) is 29.7 Å². The Balaban J connectivity index is 1.64. The van der Waals surface area contributed by atoms with Crippen LogP contribution in [0.3, 0.4) is 0 Å². The molecule has 3 rings (SSSR count). The summed E-state index contributed by atoms with van der Waals surface area (Å²) in [6.45, 7) is 1.24. The Bertz CT molecular complexity index is 756. The van der Waals surface area contributed by atoms with Gasteiger partial charge in [0.15, 0.2) is 0 Å². The molecule has 0 unspecified atom stereocenters. The number of aromatic nitrogens is 2. The smallest absolute Gasteiger partial charge is 0.150 e. The van der Waals surface area contributed by atoms with Gasteiger partial charge in [-0.2, -0.15) is 5.26 Å². The molecule has 0 spiro atoms. The second kappa shape index (κ2) is 6.25. The number of hydrogen-bond acceptors (Lipinski definition) is 4. The molecule has 104 valence electrons. The Kier molecular flexibility index (Phi) is 3.99. The van der Waals surface area contributed by atoms with E-state index in [1.165, 1.54) is 0 Å². The molecule has 3 aromatic rings. The largest absolute Gasteiger partial charge is 0.492 e. The first kappa shape index (κ1) is 13.4. The van der Waals surface area contributed by atoms with E-state index in [4.69, 9.17) is 10.00 Å². The minimum atomic E-state index is 0.531. The Labute approximate surface area is 126 Å². The van der Waals surface area contributed by atoms with E-state index in [2.05, 4.69) is 21.7 Å². The van der Waals surface area contributed by atoms with Gasteiger partial charge < -0.3 is 9.30 Å². The van der Waals surface area contributed by atoms with Crippen molar-refractivity contribution in [3.8, 4) is 22.5 Å². The summed E-state index contributed by atoms with van der Waals surface area (Å²) in [6.07, 6.45) is 3.75. The van der Waals surface area contributed by atoms with Crippen LogP contribution in [0.1, 0.15) is 5.56 Å². The van der Waals surface area contributed by atoms with Crippen LogP contribution in [0.15, 0.2) is 54.2 Å². The maximum absolute atomic E-state index is 8.86. The van der Waals surface area contributed by atoms with Crippen molar-refractivity contribution >= 4 is 11.3 Å². The van der Waals surface area contributed by atoms with E-state index >= 15 is 0 Å². The number of imidazole rings is 1. The van der Waals surface area contributed by atoms with E-state index in [-0.39, 0.29) is 0 Å². The Morgan fingerprint density at radius 2 is 2.24 bits per heavy atom. The molecular formula is C16H13N3OS. The summed E-state index contributed by atoms with van der Waals surface area (Å²) in [4.78, 5) is 5.53. The molecule has 0 aliphatic carbocycles. The van der Waals surface area contributed by atoms with Gasteiger partial charge in [0.25, 0.3) is 0 Å². The van der Waals surface area contributed by atoms with Crippen molar-refractivity contribution in [1.29, 1.82) is 5.26 Å². The number of nitrogens with zero attached hydrogens (tertiary/aromatic N) is 3. The molecule has 0 N–H and O–H groups in total. The molecule has 4 nitrogen and oxygen atoms in total. The van der Waals surface area contributed by atoms with Crippen LogP contribution in [0.4, 0.5) is 0 Å². The lowest BCUT2D eigenvalue weighted by molar-refractivity contribution is 0.299. The average Bonchev–Trinajstić information content (AvgIpc) is 3.18. The summed E-state index contributed by atoms with van der Waals surface area (Å²) in [7, 11) is 0. The number of thiophene rings is 1. The first-order chi connectivity index (χ1) is 10.4. The van der Waals surface area contributed by atoms with E-state index in [9.17, 15) is 0 Å². The van der Waals surface area contributed by atoms with Gasteiger partial charge in [0, 0.05) is 12.4 Å². The SMILES string of the molecule is N#Cc1cccc(OCCn2ccnc2-c2cccs2)c1. The lowest BCUT2D eigenvalue weighted by Gasteiger charge is -2.09. The van der Waals surface area contributed by atoms with Gasteiger partial charge >= 0.3 is 0 Å². The minimum absolute atomic E-state index is 0.531. The number of hydrogen-bond donors (Lipinski definition) is 0. The average molecular weight is 295 g/mol. The first-order valence-electron chi connectivity index (χ1n) is 6.55. The van der Waals surface area contributed by atoms with Gasteiger partial charge in [0.2, 0.25) is 0 Å². The van der Waals surface area contributed by atoms with Crippen LogP contribution in [0.5, 0.6) is 5.75 Å². The highest BCUT2D eigenvalue weighted by atomic mass is 32.1. The molecule has 0 fully saturated rings. The Hall–Kier alpha value is -2.58. The van der Waals surface area contributed by atoms with Gasteiger partial charge in [-0.1, -0.05) is 12.1 Å². The van der Waals surface area contributed by atoms with Crippen molar-refractivity contribution in [3.63, 3.8) is 0 Å². The van der Waals surface area contributed by atoms with Crippen molar-refractivity contribution in [3.05, 3.63) is 59.7 Å². The molecule has 0 saturated carbocycles. The van der Waals surface area contributed by atoms with Crippen molar-refractivity contribution in [2.75, 3.05) is 6.61 Å². The van der Waals surface area contributed by atoms with Gasteiger partial charge in [-0.15, -0.1) is 11.3 Å². The standard InChI is InChI=1S/C16H13N3OS/c17-12-13-3-1-4-14(11-13)20-9-8-19-7-6-18-16(19)15-5-2-10-21-15/h1-7,10-11H,8-9H2. The van der Waals surface area contributed by atoms with Crippen LogP contribution >= 0.6 is 11.3 Å². The van der Waals surface area contributed by atoms with Crippen LogP contribution in [0.2, 0.25) is 0 Å². The second-order valence-corrected chi connectivity index (χ2v) is 5.36. The lowest BCUT2D eigenvalue weighted by Crippen LogP contribution is -2.08. The third-order valence-electron chi connectivity index (χ3n) is 3.02. The molecule has 0 amide bonds. The molecule has 21 heavy (non-hydrogen) atoms. The molecular weight excluding hydrogens is 282 g/mol. The summed E-state index contributed by atoms with van der Waals surface area (Å²) in [5, 5.41) is 10.9. The summed E-state index contributed by atoms with van der Waals surface area (Å²) < 4.78 is 7.77. The number of nitriles is 1. The predicted molar refractivity (Wildman–Crippen MR) is 82.2 cm³/mol. The summed E-state index contributed by atoms with van der Waals surface area (Å²) >= 11 is 1.67. The molecule has 5 heteroatoms. The Morgan fingerprint density at radius 1 is 1.29 bits per heavy atom. The van der Waals surface area contributed by atoms with Crippen molar-refractivity contribution in [1.82, 2.24) is 9.55 Å². The minimum Gasteiger partial charge on any atom is -0.492 e. The van der Waals surface area contributed by atoms with Crippen molar-refractivity contribution in [2.45, 2.75) is 6.54 Å². The highest BCUT2D eigenvalue weighted by molar-refractivity contribution is 7.13. The molecule has 2 heterocycles. The first-order valence-corrected chi connectivity index (χ1v) is 7.43. The lowest BCUT2D eigenvalue weighted by atomic mass is 10.2. The number of benzene rings is 1. The molecule has 0 radical (unpaired) electrons. The summed E-state index contributed by atoms with van der Waals surface area (Å²) in [5.74, 6) is 1.67. The molecule has 0 saturated heterocycles. The van der Waals surface area contributed by atoms with Crippen molar-refractivity contribution < 1.29 is 4.74 Å². The third kappa shape index (κ3) is 3.12.